The summed E-state index contributed by atoms with van der Waals surface area (Å²) in [5.41, 5.74) is 2.99. The lowest BCUT2D eigenvalue weighted by Crippen LogP contribution is -2.07. The summed E-state index contributed by atoms with van der Waals surface area (Å²) in [6, 6.07) is 0. The van der Waals surface area contributed by atoms with Gasteiger partial charge in [0.2, 0.25) is 0 Å². The maximum Gasteiger partial charge on any atom is 0.313 e. The smallest absolute Gasteiger partial charge is 0.313 e. The fourth-order valence-corrected chi connectivity index (χ4v) is 2.81. The summed E-state index contributed by atoms with van der Waals surface area (Å²) in [5.74, 6) is 0.00463. The van der Waals surface area contributed by atoms with Gasteiger partial charge in [-0.15, -0.1) is 0 Å². The maximum atomic E-state index is 11.5. The predicted molar refractivity (Wildman–Crippen MR) is 54.8 cm³/mol. The van der Waals surface area contributed by atoms with Crippen molar-refractivity contribution in [1.29, 1.82) is 0 Å². The van der Waals surface area contributed by atoms with E-state index in [2.05, 4.69) is 13.8 Å². The van der Waals surface area contributed by atoms with Gasteiger partial charge in [0.25, 0.3) is 0 Å². The van der Waals surface area contributed by atoms with Crippen molar-refractivity contribution in [1.82, 2.24) is 0 Å². The molecule has 0 N–H and O–H groups in total. The van der Waals surface area contributed by atoms with Crippen LogP contribution < -0.4 is 0 Å². The van der Waals surface area contributed by atoms with Crippen molar-refractivity contribution in [3.63, 3.8) is 0 Å². The fraction of sp³-hybridized carbons (Fsp3) is 0.750. The number of methoxy groups -OCH3 is 1. The summed E-state index contributed by atoms with van der Waals surface area (Å²) in [7, 11) is 1.48. The number of rotatable bonds is 1. The number of hydrogen-bond donors (Lipinski definition) is 0. The van der Waals surface area contributed by atoms with Crippen molar-refractivity contribution in [3.8, 4) is 0 Å². The largest absolute Gasteiger partial charge is 0.469 e. The van der Waals surface area contributed by atoms with Crippen LogP contribution in [-0.4, -0.2) is 13.1 Å². The molecule has 0 amide bonds. The fourth-order valence-electron chi connectivity index (χ4n) is 2.81. The van der Waals surface area contributed by atoms with E-state index in [1.54, 1.807) is 0 Å². The van der Waals surface area contributed by atoms with Gasteiger partial charge >= 0.3 is 5.97 Å². The van der Waals surface area contributed by atoms with Crippen LogP contribution in [0, 0.1) is 11.3 Å². The molecule has 2 rings (SSSR count). The highest BCUT2D eigenvalue weighted by molar-refractivity contribution is 5.84. The Bertz CT molecular complexity index is 291. The van der Waals surface area contributed by atoms with Crippen LogP contribution in [0.1, 0.15) is 39.5 Å². The Morgan fingerprint density at radius 3 is 2.43 bits per heavy atom. The second kappa shape index (κ2) is 3.11. The molecule has 0 heterocycles. The highest BCUT2D eigenvalue weighted by Crippen LogP contribution is 2.61. The second-order valence-corrected chi connectivity index (χ2v) is 4.90. The molecule has 2 fully saturated rings. The molecule has 0 spiro atoms. The first-order valence-corrected chi connectivity index (χ1v) is 5.39. The molecule has 2 nitrogen and oxygen atoms in total. The summed E-state index contributed by atoms with van der Waals surface area (Å²) < 4.78 is 4.83. The number of hydrogen-bond acceptors (Lipinski definition) is 2. The zero-order chi connectivity index (χ0) is 10.3. The molecular formula is C12H18O2. The Morgan fingerprint density at radius 2 is 1.93 bits per heavy atom. The summed E-state index contributed by atoms with van der Waals surface area (Å²) in [6.07, 6.45) is 4.99. The van der Waals surface area contributed by atoms with Crippen molar-refractivity contribution in [2.45, 2.75) is 39.5 Å². The van der Waals surface area contributed by atoms with Crippen LogP contribution in [0.15, 0.2) is 11.1 Å². The van der Waals surface area contributed by atoms with Gasteiger partial charge in [0.05, 0.1) is 13.0 Å². The standard InChI is InChI=1S/C12H18O2/c1-12(2)9(8-6-4-5-7-8)10(12)11(13)14-3/h10H,4-7H2,1-3H3/t10-/m1/s1. The molecule has 2 aliphatic carbocycles. The zero-order valence-electron chi connectivity index (χ0n) is 9.22. The molecule has 2 heteroatoms. The average molecular weight is 194 g/mol. The van der Waals surface area contributed by atoms with Crippen LogP contribution in [-0.2, 0) is 9.53 Å². The van der Waals surface area contributed by atoms with Gasteiger partial charge in [-0.05, 0) is 31.3 Å². The molecule has 0 unspecified atom stereocenters. The van der Waals surface area contributed by atoms with Crippen LogP contribution in [0.5, 0.6) is 0 Å². The molecule has 1 atom stereocenters. The van der Waals surface area contributed by atoms with Crippen molar-refractivity contribution >= 4 is 5.97 Å². The van der Waals surface area contributed by atoms with E-state index in [1.807, 2.05) is 0 Å². The van der Waals surface area contributed by atoms with Crippen molar-refractivity contribution in [2.75, 3.05) is 7.11 Å². The Hall–Kier alpha value is -0.790. The van der Waals surface area contributed by atoms with E-state index < -0.39 is 0 Å². The lowest BCUT2D eigenvalue weighted by molar-refractivity contribution is -0.142. The Labute approximate surface area is 85.3 Å². The third-order valence-electron chi connectivity index (χ3n) is 3.65. The predicted octanol–water partition coefficient (Wildman–Crippen LogP) is 2.69. The van der Waals surface area contributed by atoms with E-state index in [-0.39, 0.29) is 17.3 Å². The van der Waals surface area contributed by atoms with Crippen LogP contribution in [0.4, 0.5) is 0 Å². The molecule has 0 saturated heterocycles. The molecule has 0 aromatic rings. The molecular weight excluding hydrogens is 176 g/mol. The zero-order valence-corrected chi connectivity index (χ0v) is 9.22. The van der Waals surface area contributed by atoms with Gasteiger partial charge in [-0.25, -0.2) is 0 Å². The summed E-state index contributed by atoms with van der Waals surface area (Å²) in [5, 5.41) is 0. The molecule has 0 bridgehead atoms. The first-order chi connectivity index (χ1) is 6.59. The number of ether oxygens (including phenoxy) is 1. The van der Waals surface area contributed by atoms with E-state index in [0.29, 0.717) is 0 Å². The number of carbonyl (C=O) groups excluding carboxylic acids is 1. The quantitative estimate of drug-likeness (QED) is 0.474. The minimum absolute atomic E-state index is 0.0515. The first-order valence-electron chi connectivity index (χ1n) is 5.39. The minimum Gasteiger partial charge on any atom is -0.469 e. The highest BCUT2D eigenvalue weighted by Gasteiger charge is 2.58. The van der Waals surface area contributed by atoms with Gasteiger partial charge in [0.15, 0.2) is 0 Å². The lowest BCUT2D eigenvalue weighted by Gasteiger charge is -1.98. The molecule has 0 aliphatic heterocycles. The van der Waals surface area contributed by atoms with Gasteiger partial charge in [0, 0.05) is 5.41 Å². The third kappa shape index (κ3) is 1.28. The monoisotopic (exact) mass is 194 g/mol. The van der Waals surface area contributed by atoms with Crippen LogP contribution >= 0.6 is 0 Å². The van der Waals surface area contributed by atoms with Crippen molar-refractivity contribution in [3.05, 3.63) is 11.1 Å². The van der Waals surface area contributed by atoms with Gasteiger partial charge in [0.1, 0.15) is 0 Å². The van der Waals surface area contributed by atoms with Crippen LogP contribution in [0.25, 0.3) is 0 Å². The highest BCUT2D eigenvalue weighted by atomic mass is 16.5. The topological polar surface area (TPSA) is 26.3 Å². The van der Waals surface area contributed by atoms with Gasteiger partial charge in [-0.1, -0.05) is 19.4 Å². The van der Waals surface area contributed by atoms with E-state index in [1.165, 1.54) is 43.9 Å². The molecule has 2 saturated carbocycles. The van der Waals surface area contributed by atoms with Crippen LogP contribution in [0.2, 0.25) is 0 Å². The van der Waals surface area contributed by atoms with Gasteiger partial charge < -0.3 is 4.74 Å². The molecule has 2 aliphatic rings. The number of carbonyl (C=O) groups is 1. The minimum atomic E-state index is -0.0515. The Kier molecular flexibility index (Phi) is 2.17. The third-order valence-corrected chi connectivity index (χ3v) is 3.65. The van der Waals surface area contributed by atoms with Crippen molar-refractivity contribution in [2.24, 2.45) is 11.3 Å². The molecule has 0 aromatic heterocycles. The molecule has 0 aromatic carbocycles. The van der Waals surface area contributed by atoms with Gasteiger partial charge in [-0.2, -0.15) is 0 Å². The van der Waals surface area contributed by atoms with Crippen molar-refractivity contribution < 1.29 is 9.53 Å². The van der Waals surface area contributed by atoms with Gasteiger partial charge in [-0.3, -0.25) is 4.79 Å². The first kappa shape index (κ1) is 9.75. The Morgan fingerprint density at radius 1 is 1.36 bits per heavy atom. The van der Waals surface area contributed by atoms with E-state index in [0.717, 1.165) is 0 Å². The second-order valence-electron chi connectivity index (χ2n) is 4.90. The average Bonchev–Trinajstić information content (AvgIpc) is 2.58. The summed E-state index contributed by atoms with van der Waals surface area (Å²) in [6.45, 7) is 4.30. The summed E-state index contributed by atoms with van der Waals surface area (Å²) in [4.78, 5) is 11.5. The van der Waals surface area contributed by atoms with E-state index >= 15 is 0 Å². The maximum absolute atomic E-state index is 11.5. The summed E-state index contributed by atoms with van der Waals surface area (Å²) >= 11 is 0. The lowest BCUT2D eigenvalue weighted by atomic mass is 10.1. The number of esters is 1. The molecule has 14 heavy (non-hydrogen) atoms. The number of allylic oxidation sites excluding steroid dienone is 1. The SMILES string of the molecule is COC(=O)[C@H]1C(=C2CCCC2)C1(C)C. The van der Waals surface area contributed by atoms with Crippen LogP contribution in [0.3, 0.4) is 0 Å². The Balaban J connectivity index is 2.23. The van der Waals surface area contributed by atoms with E-state index in [9.17, 15) is 4.79 Å². The molecule has 78 valence electrons. The van der Waals surface area contributed by atoms with E-state index in [4.69, 9.17) is 4.74 Å². The normalized spacial score (nSPS) is 29.2. The molecule has 0 radical (unpaired) electrons.